The van der Waals surface area contributed by atoms with Crippen LogP contribution in [-0.4, -0.2) is 78.9 Å². The summed E-state index contributed by atoms with van der Waals surface area (Å²) in [6.45, 7) is 8.31. The predicted octanol–water partition coefficient (Wildman–Crippen LogP) is 1.98. The van der Waals surface area contributed by atoms with Crippen molar-refractivity contribution >= 4 is 23.6 Å². The van der Waals surface area contributed by atoms with Gasteiger partial charge in [0.1, 0.15) is 5.82 Å². The number of methoxy groups -OCH3 is 1. The van der Waals surface area contributed by atoms with Crippen molar-refractivity contribution in [3.05, 3.63) is 47.8 Å². The van der Waals surface area contributed by atoms with Crippen LogP contribution >= 0.6 is 0 Å². The van der Waals surface area contributed by atoms with Crippen LogP contribution in [-0.2, 0) is 23.9 Å². The topological polar surface area (TPSA) is 93.2 Å². The summed E-state index contributed by atoms with van der Waals surface area (Å²) >= 11 is 0. The van der Waals surface area contributed by atoms with Crippen molar-refractivity contribution in [2.24, 2.45) is 5.41 Å². The standard InChI is InChI=1S/C24H29FN2O6/c1-15-16(2)33-19(24(3,21(15)29)23(31)32-4)9-10-20(28)26-11-13-27(14-12-26)22(30)17-5-7-18(25)8-6-17/h5-8,16,19H,1,9-14H2,2-4H3. The quantitative estimate of drug-likeness (QED) is 0.379. The number of piperazine rings is 1. The number of esters is 1. The Morgan fingerprint density at radius 2 is 1.73 bits per heavy atom. The van der Waals surface area contributed by atoms with Crippen LogP contribution in [0.5, 0.6) is 0 Å². The Morgan fingerprint density at radius 3 is 2.30 bits per heavy atom. The highest BCUT2D eigenvalue weighted by Crippen LogP contribution is 2.39. The van der Waals surface area contributed by atoms with Gasteiger partial charge in [-0.05, 0) is 44.5 Å². The molecule has 0 saturated carbocycles. The first-order valence-electron chi connectivity index (χ1n) is 10.9. The number of rotatable bonds is 5. The van der Waals surface area contributed by atoms with E-state index in [0.717, 1.165) is 0 Å². The Labute approximate surface area is 192 Å². The van der Waals surface area contributed by atoms with Crippen LogP contribution in [0.15, 0.2) is 36.4 Å². The molecule has 0 aliphatic carbocycles. The second-order valence-electron chi connectivity index (χ2n) is 8.53. The molecule has 0 aromatic heterocycles. The minimum Gasteiger partial charge on any atom is -0.468 e. The highest BCUT2D eigenvalue weighted by Gasteiger charge is 2.54. The molecular formula is C24H29FN2O6. The van der Waals surface area contributed by atoms with Crippen LogP contribution in [0.25, 0.3) is 0 Å². The molecular weight excluding hydrogens is 431 g/mol. The number of ether oxygens (including phenoxy) is 2. The van der Waals surface area contributed by atoms with Crippen LogP contribution in [0.1, 0.15) is 37.0 Å². The van der Waals surface area contributed by atoms with Gasteiger partial charge in [-0.15, -0.1) is 0 Å². The molecule has 2 fully saturated rings. The highest BCUT2D eigenvalue weighted by molar-refractivity contribution is 6.13. The van der Waals surface area contributed by atoms with E-state index < -0.39 is 35.2 Å². The Balaban J connectivity index is 1.58. The highest BCUT2D eigenvalue weighted by atomic mass is 19.1. The molecule has 0 radical (unpaired) electrons. The SMILES string of the molecule is C=C1C(=O)C(C)(C(=O)OC)C(CCC(=O)N2CCN(C(=O)c3ccc(F)cc3)CC2)OC1C. The molecule has 2 aliphatic heterocycles. The third-order valence-electron chi connectivity index (χ3n) is 6.51. The van der Waals surface area contributed by atoms with Gasteiger partial charge < -0.3 is 19.3 Å². The molecule has 2 aliphatic rings. The molecule has 2 heterocycles. The fourth-order valence-corrected chi connectivity index (χ4v) is 4.27. The summed E-state index contributed by atoms with van der Waals surface area (Å²) in [7, 11) is 1.20. The van der Waals surface area contributed by atoms with Crippen molar-refractivity contribution in [3.63, 3.8) is 0 Å². The van der Waals surface area contributed by atoms with Crippen molar-refractivity contribution in [1.82, 2.24) is 9.80 Å². The number of ketones is 1. The summed E-state index contributed by atoms with van der Waals surface area (Å²) in [6, 6.07) is 5.36. The van der Waals surface area contributed by atoms with Gasteiger partial charge in [0.15, 0.2) is 11.2 Å². The number of benzene rings is 1. The average molecular weight is 461 g/mol. The molecule has 0 N–H and O–H groups in total. The van der Waals surface area contributed by atoms with Crippen LogP contribution in [0.2, 0.25) is 0 Å². The number of halogens is 1. The Kier molecular flexibility index (Phi) is 7.31. The van der Waals surface area contributed by atoms with Gasteiger partial charge in [0.2, 0.25) is 5.91 Å². The van der Waals surface area contributed by atoms with Crippen LogP contribution < -0.4 is 0 Å². The molecule has 33 heavy (non-hydrogen) atoms. The van der Waals surface area contributed by atoms with Crippen molar-refractivity contribution in [2.75, 3.05) is 33.3 Å². The third kappa shape index (κ3) is 4.83. The van der Waals surface area contributed by atoms with Crippen molar-refractivity contribution in [3.8, 4) is 0 Å². The fraction of sp³-hybridized carbons (Fsp3) is 0.500. The molecule has 8 nitrogen and oxygen atoms in total. The van der Waals surface area contributed by atoms with E-state index in [1.165, 1.54) is 38.3 Å². The van der Waals surface area contributed by atoms with Gasteiger partial charge >= 0.3 is 5.97 Å². The zero-order valence-corrected chi connectivity index (χ0v) is 19.1. The Morgan fingerprint density at radius 1 is 1.15 bits per heavy atom. The third-order valence-corrected chi connectivity index (χ3v) is 6.51. The van der Waals surface area contributed by atoms with Crippen molar-refractivity contribution in [2.45, 2.75) is 38.9 Å². The van der Waals surface area contributed by atoms with E-state index in [0.29, 0.717) is 31.7 Å². The molecule has 3 rings (SSSR count). The number of Topliss-reactive ketones (excluding diaryl/α,β-unsaturated/α-hetero) is 1. The second kappa shape index (κ2) is 9.82. The first-order chi connectivity index (χ1) is 15.6. The lowest BCUT2D eigenvalue weighted by Gasteiger charge is -2.41. The van der Waals surface area contributed by atoms with E-state index in [1.807, 2.05) is 0 Å². The van der Waals surface area contributed by atoms with E-state index >= 15 is 0 Å². The summed E-state index contributed by atoms with van der Waals surface area (Å²) in [5.74, 6) is -1.92. The molecule has 3 unspecified atom stereocenters. The first-order valence-corrected chi connectivity index (χ1v) is 10.9. The van der Waals surface area contributed by atoms with Crippen LogP contribution in [0.3, 0.4) is 0 Å². The molecule has 2 amide bonds. The summed E-state index contributed by atoms with van der Waals surface area (Å²) in [6.07, 6.45) is -1.13. The molecule has 0 bridgehead atoms. The second-order valence-corrected chi connectivity index (χ2v) is 8.53. The first kappa shape index (κ1) is 24.6. The summed E-state index contributed by atoms with van der Waals surface area (Å²) in [5.41, 5.74) is -0.959. The van der Waals surface area contributed by atoms with E-state index in [9.17, 15) is 23.6 Å². The molecule has 3 atom stereocenters. The normalized spacial score (nSPS) is 25.7. The monoisotopic (exact) mass is 460 g/mol. The predicted molar refractivity (Wildman–Crippen MR) is 117 cm³/mol. The van der Waals surface area contributed by atoms with Crippen molar-refractivity contribution in [1.29, 1.82) is 0 Å². The molecule has 9 heteroatoms. The minimum absolute atomic E-state index is 0.0790. The zero-order chi connectivity index (χ0) is 24.3. The smallest absolute Gasteiger partial charge is 0.322 e. The fourth-order valence-electron chi connectivity index (χ4n) is 4.27. The van der Waals surface area contributed by atoms with E-state index in [4.69, 9.17) is 9.47 Å². The number of nitrogens with zero attached hydrogens (tertiary/aromatic N) is 2. The van der Waals surface area contributed by atoms with Gasteiger partial charge in [0, 0.05) is 43.7 Å². The molecule has 0 spiro atoms. The van der Waals surface area contributed by atoms with E-state index in [1.54, 1.807) is 16.7 Å². The lowest BCUT2D eigenvalue weighted by Crippen LogP contribution is -2.55. The number of carbonyl (C=O) groups is 4. The van der Waals surface area contributed by atoms with Crippen LogP contribution in [0, 0.1) is 11.2 Å². The van der Waals surface area contributed by atoms with E-state index in [2.05, 4.69) is 6.58 Å². The molecule has 1 aromatic rings. The minimum atomic E-state index is -1.56. The van der Waals surface area contributed by atoms with E-state index in [-0.39, 0.29) is 30.2 Å². The van der Waals surface area contributed by atoms with Crippen LogP contribution in [0.4, 0.5) is 4.39 Å². The zero-order valence-electron chi connectivity index (χ0n) is 19.1. The maximum atomic E-state index is 13.1. The maximum absolute atomic E-state index is 13.1. The van der Waals surface area contributed by atoms with Crippen molar-refractivity contribution < 1.29 is 33.0 Å². The summed E-state index contributed by atoms with van der Waals surface area (Å²) < 4.78 is 23.8. The molecule has 1 aromatic carbocycles. The number of hydrogen-bond acceptors (Lipinski definition) is 6. The van der Waals surface area contributed by atoms with Gasteiger partial charge in [-0.2, -0.15) is 0 Å². The molecule has 2 saturated heterocycles. The summed E-state index contributed by atoms with van der Waals surface area (Å²) in [5, 5.41) is 0. The number of amides is 2. The van der Waals surface area contributed by atoms with Gasteiger partial charge in [-0.25, -0.2) is 4.39 Å². The largest absolute Gasteiger partial charge is 0.468 e. The molecule has 178 valence electrons. The average Bonchev–Trinajstić information content (AvgIpc) is 2.83. The number of hydrogen-bond donors (Lipinski definition) is 0. The Bertz CT molecular complexity index is 954. The lowest BCUT2D eigenvalue weighted by atomic mass is 9.72. The maximum Gasteiger partial charge on any atom is 0.322 e. The van der Waals surface area contributed by atoms with Gasteiger partial charge in [0.05, 0.1) is 19.3 Å². The van der Waals surface area contributed by atoms with Gasteiger partial charge in [-0.1, -0.05) is 6.58 Å². The van der Waals surface area contributed by atoms with Gasteiger partial charge in [-0.3, -0.25) is 19.2 Å². The Hall–Kier alpha value is -3.07. The lowest BCUT2D eigenvalue weighted by molar-refractivity contribution is -0.176. The summed E-state index contributed by atoms with van der Waals surface area (Å²) in [4.78, 5) is 53.9. The van der Waals surface area contributed by atoms with Gasteiger partial charge in [0.25, 0.3) is 5.91 Å². The number of carbonyl (C=O) groups excluding carboxylic acids is 4.